The minimum Gasteiger partial charge on any atom is -0.493 e. The highest BCUT2D eigenvalue weighted by molar-refractivity contribution is 14.0. The van der Waals surface area contributed by atoms with Crippen molar-refractivity contribution in [1.82, 2.24) is 20.0 Å². The Balaban J connectivity index is 0.00000392. The lowest BCUT2D eigenvalue weighted by atomic mass is 10.1. The van der Waals surface area contributed by atoms with Crippen LogP contribution in [0.5, 0.6) is 11.5 Å². The number of nitrogens with one attached hydrogen (secondary N) is 1. The largest absolute Gasteiger partial charge is 0.493 e. The Morgan fingerprint density at radius 2 is 2.04 bits per heavy atom. The predicted molar refractivity (Wildman–Crippen MR) is 121 cm³/mol. The number of aromatic nitrogens is 2. The van der Waals surface area contributed by atoms with E-state index in [4.69, 9.17) is 9.47 Å². The zero-order chi connectivity index (χ0) is 19.8. The predicted octanol–water partition coefficient (Wildman–Crippen LogP) is 2.19. The van der Waals surface area contributed by atoms with Crippen molar-refractivity contribution in [3.63, 3.8) is 0 Å². The molecule has 0 saturated carbocycles. The van der Waals surface area contributed by atoms with E-state index in [1.54, 1.807) is 31.0 Å². The number of methoxy groups -OCH3 is 2. The molecule has 0 bridgehead atoms. The molecule has 9 heteroatoms. The van der Waals surface area contributed by atoms with E-state index >= 15 is 0 Å². The highest BCUT2D eigenvalue weighted by Crippen LogP contribution is 2.30. The van der Waals surface area contributed by atoms with Crippen molar-refractivity contribution in [3.05, 3.63) is 41.7 Å². The number of aryl methyl sites for hydroxylation is 1. The van der Waals surface area contributed by atoms with Crippen LogP contribution < -0.4 is 14.8 Å². The fraction of sp³-hybridized carbons (Fsp3) is 0.474. The molecular weight excluding hydrogens is 473 g/mol. The van der Waals surface area contributed by atoms with E-state index in [0.717, 1.165) is 23.6 Å². The summed E-state index contributed by atoms with van der Waals surface area (Å²) >= 11 is 0. The van der Waals surface area contributed by atoms with Gasteiger partial charge >= 0.3 is 0 Å². The van der Waals surface area contributed by atoms with Gasteiger partial charge in [-0.15, -0.1) is 24.0 Å². The van der Waals surface area contributed by atoms with Crippen LogP contribution in [0.25, 0.3) is 0 Å². The minimum atomic E-state index is -0.745. The number of halogens is 1. The van der Waals surface area contributed by atoms with E-state index in [2.05, 4.69) is 15.4 Å². The summed E-state index contributed by atoms with van der Waals surface area (Å²) in [6, 6.07) is 5.36. The van der Waals surface area contributed by atoms with Gasteiger partial charge < -0.3 is 24.8 Å². The van der Waals surface area contributed by atoms with Crippen molar-refractivity contribution in [1.29, 1.82) is 0 Å². The Hall–Kier alpha value is -2.01. The molecule has 0 amide bonds. The van der Waals surface area contributed by atoms with Crippen LogP contribution >= 0.6 is 24.0 Å². The van der Waals surface area contributed by atoms with Gasteiger partial charge in [0.15, 0.2) is 17.5 Å². The second-order valence-corrected chi connectivity index (χ2v) is 6.20. The van der Waals surface area contributed by atoms with Crippen LogP contribution in [-0.4, -0.2) is 60.1 Å². The van der Waals surface area contributed by atoms with Gasteiger partial charge in [-0.2, -0.15) is 5.10 Å². The Morgan fingerprint density at radius 3 is 2.61 bits per heavy atom. The van der Waals surface area contributed by atoms with Crippen LogP contribution in [0.4, 0.5) is 0 Å². The van der Waals surface area contributed by atoms with Gasteiger partial charge in [0, 0.05) is 38.9 Å². The molecule has 2 rings (SSSR count). The summed E-state index contributed by atoms with van der Waals surface area (Å²) < 4.78 is 12.3. The second kappa shape index (κ2) is 11.7. The number of guanidine groups is 1. The second-order valence-electron chi connectivity index (χ2n) is 6.20. The van der Waals surface area contributed by atoms with Crippen molar-refractivity contribution in [2.75, 3.05) is 34.4 Å². The van der Waals surface area contributed by atoms with Crippen LogP contribution in [0.2, 0.25) is 0 Å². The van der Waals surface area contributed by atoms with E-state index in [-0.39, 0.29) is 30.5 Å². The van der Waals surface area contributed by atoms with Crippen LogP contribution in [0, 0.1) is 0 Å². The van der Waals surface area contributed by atoms with Gasteiger partial charge in [-0.3, -0.25) is 9.67 Å². The summed E-state index contributed by atoms with van der Waals surface area (Å²) in [7, 11) is 7.00. The van der Waals surface area contributed by atoms with Crippen LogP contribution in [0.1, 0.15) is 24.2 Å². The topological polar surface area (TPSA) is 84.1 Å². The molecule has 0 saturated heterocycles. The Bertz CT molecular complexity index is 766. The molecule has 0 aliphatic heterocycles. The fourth-order valence-corrected chi connectivity index (χ4v) is 2.71. The van der Waals surface area contributed by atoms with Crippen molar-refractivity contribution >= 4 is 29.9 Å². The molecule has 2 N–H and O–H groups in total. The summed E-state index contributed by atoms with van der Waals surface area (Å²) in [6.45, 7) is 3.65. The highest BCUT2D eigenvalue weighted by atomic mass is 127. The maximum atomic E-state index is 10.5. The van der Waals surface area contributed by atoms with Crippen molar-refractivity contribution in [3.8, 4) is 11.5 Å². The Morgan fingerprint density at radius 1 is 1.32 bits per heavy atom. The molecular formula is C19H30IN5O3. The number of aliphatic hydroxyl groups excluding tert-OH is 1. The first-order chi connectivity index (χ1) is 13.0. The van der Waals surface area contributed by atoms with Gasteiger partial charge in [0.1, 0.15) is 0 Å². The van der Waals surface area contributed by atoms with E-state index in [1.807, 2.05) is 44.4 Å². The number of aliphatic imine (C=N–C) groups is 1. The molecule has 1 heterocycles. The third kappa shape index (κ3) is 6.55. The summed E-state index contributed by atoms with van der Waals surface area (Å²) in [5, 5.41) is 18.0. The summed E-state index contributed by atoms with van der Waals surface area (Å²) in [6.07, 6.45) is 3.06. The van der Waals surface area contributed by atoms with Gasteiger partial charge in [-0.05, 0) is 24.6 Å². The van der Waals surface area contributed by atoms with Crippen molar-refractivity contribution in [2.45, 2.75) is 19.6 Å². The molecule has 1 aromatic heterocycles. The number of ether oxygens (including phenoxy) is 2. The summed E-state index contributed by atoms with van der Waals surface area (Å²) in [5.41, 5.74) is 1.81. The quantitative estimate of drug-likeness (QED) is 0.327. The molecule has 0 aliphatic rings. The number of hydrogen-bond acceptors (Lipinski definition) is 5. The van der Waals surface area contributed by atoms with Gasteiger partial charge in [-0.1, -0.05) is 6.07 Å². The number of aliphatic hydroxyl groups is 1. The molecule has 8 nitrogen and oxygen atoms in total. The highest BCUT2D eigenvalue weighted by Gasteiger charge is 2.13. The third-order valence-electron chi connectivity index (χ3n) is 4.08. The van der Waals surface area contributed by atoms with Gasteiger partial charge in [0.05, 0.1) is 33.1 Å². The molecule has 1 aromatic carbocycles. The van der Waals surface area contributed by atoms with Gasteiger partial charge in [-0.25, -0.2) is 0 Å². The van der Waals surface area contributed by atoms with Crippen LogP contribution in [-0.2, 0) is 13.6 Å². The molecule has 156 valence electrons. The number of hydrogen-bond donors (Lipinski definition) is 2. The average molecular weight is 503 g/mol. The zero-order valence-corrected chi connectivity index (χ0v) is 19.4. The molecule has 0 fully saturated rings. The Kier molecular flexibility index (Phi) is 10.1. The SMILES string of the molecule is CCNC(=NCC(O)c1ccc(OC)c(OC)c1)N(C)Cc1cnn(C)c1.I. The monoisotopic (exact) mass is 503 g/mol. The van der Waals surface area contributed by atoms with E-state index in [0.29, 0.717) is 18.0 Å². The fourth-order valence-electron chi connectivity index (χ4n) is 2.71. The lowest BCUT2D eigenvalue weighted by Gasteiger charge is -2.22. The van der Waals surface area contributed by atoms with Crippen LogP contribution in [0.3, 0.4) is 0 Å². The van der Waals surface area contributed by atoms with Crippen molar-refractivity contribution in [2.24, 2.45) is 12.0 Å². The Labute approximate surface area is 183 Å². The molecule has 0 radical (unpaired) electrons. The van der Waals surface area contributed by atoms with Gasteiger partial charge in [0.25, 0.3) is 0 Å². The van der Waals surface area contributed by atoms with E-state index in [1.165, 1.54) is 0 Å². The first kappa shape index (κ1) is 24.0. The lowest BCUT2D eigenvalue weighted by Crippen LogP contribution is -2.38. The maximum Gasteiger partial charge on any atom is 0.194 e. The van der Waals surface area contributed by atoms with E-state index < -0.39 is 6.10 Å². The normalized spacial score (nSPS) is 12.1. The summed E-state index contributed by atoms with van der Waals surface area (Å²) in [4.78, 5) is 6.57. The maximum absolute atomic E-state index is 10.5. The molecule has 0 spiro atoms. The molecule has 1 atom stereocenters. The van der Waals surface area contributed by atoms with Gasteiger partial charge in [0.2, 0.25) is 0 Å². The zero-order valence-electron chi connectivity index (χ0n) is 17.0. The number of benzene rings is 1. The standard InChI is InChI=1S/C19H29N5O3.HI/c1-6-20-19(23(2)12-14-10-22-24(3)13-14)21-11-16(25)15-7-8-17(26-4)18(9-15)27-5;/h7-10,13,16,25H,6,11-12H2,1-5H3,(H,20,21);1H. The number of nitrogens with zero attached hydrogens (tertiary/aromatic N) is 4. The first-order valence-corrected chi connectivity index (χ1v) is 8.85. The molecule has 1 unspecified atom stereocenters. The first-order valence-electron chi connectivity index (χ1n) is 8.85. The number of rotatable bonds is 8. The third-order valence-corrected chi connectivity index (χ3v) is 4.08. The lowest BCUT2D eigenvalue weighted by molar-refractivity contribution is 0.186. The average Bonchev–Trinajstić information content (AvgIpc) is 3.08. The van der Waals surface area contributed by atoms with Crippen molar-refractivity contribution < 1.29 is 14.6 Å². The minimum absolute atomic E-state index is 0. The smallest absolute Gasteiger partial charge is 0.194 e. The summed E-state index contributed by atoms with van der Waals surface area (Å²) in [5.74, 6) is 1.93. The van der Waals surface area contributed by atoms with Crippen LogP contribution in [0.15, 0.2) is 35.6 Å². The molecule has 0 aliphatic carbocycles. The van der Waals surface area contributed by atoms with E-state index in [9.17, 15) is 5.11 Å². The molecule has 28 heavy (non-hydrogen) atoms. The molecule has 2 aromatic rings.